The third-order valence-corrected chi connectivity index (χ3v) is 4.24. The molecule has 0 fully saturated rings. The highest BCUT2D eigenvalue weighted by atomic mass is 35.5. The Morgan fingerprint density at radius 2 is 1.89 bits per heavy atom. The number of hydrogen-bond acceptors (Lipinski definition) is 2. The maximum Gasteiger partial charge on any atom is 0.0453 e. The molecule has 1 N–H and O–H groups in total. The minimum absolute atomic E-state index is 0.689. The molecule has 0 saturated heterocycles. The van der Waals surface area contributed by atoms with Crippen LogP contribution in [0.2, 0.25) is 10.0 Å². The van der Waals surface area contributed by atoms with Crippen molar-refractivity contribution in [3.8, 4) is 0 Å². The second-order valence-electron chi connectivity index (χ2n) is 4.07. The first kappa shape index (κ1) is 13.9. The van der Waals surface area contributed by atoms with Crippen LogP contribution in [-0.2, 0) is 12.8 Å². The van der Waals surface area contributed by atoms with Crippen molar-refractivity contribution < 1.29 is 0 Å². The van der Waals surface area contributed by atoms with Crippen molar-refractivity contribution in [3.63, 3.8) is 0 Å². The molecule has 1 aromatic carbocycles. The molecule has 2 rings (SSSR count). The van der Waals surface area contributed by atoms with E-state index in [4.69, 9.17) is 23.2 Å². The zero-order valence-corrected chi connectivity index (χ0v) is 12.3. The first-order valence-electron chi connectivity index (χ1n) is 5.93. The second kappa shape index (κ2) is 7.15. The van der Waals surface area contributed by atoms with E-state index in [-0.39, 0.29) is 0 Å². The Bertz CT molecular complexity index is 483. The lowest BCUT2D eigenvalue weighted by atomic mass is 10.1. The molecule has 0 unspecified atom stereocenters. The fourth-order valence-corrected chi connectivity index (χ4v) is 2.95. The van der Waals surface area contributed by atoms with Crippen LogP contribution in [0, 0.1) is 0 Å². The van der Waals surface area contributed by atoms with Gasteiger partial charge in [-0.05, 0) is 55.1 Å². The van der Waals surface area contributed by atoms with Crippen LogP contribution in [0.25, 0.3) is 0 Å². The van der Waals surface area contributed by atoms with E-state index in [2.05, 4.69) is 22.8 Å². The third-order valence-electron chi connectivity index (χ3n) is 2.71. The van der Waals surface area contributed by atoms with Crippen molar-refractivity contribution in [1.29, 1.82) is 0 Å². The Morgan fingerprint density at radius 1 is 1.06 bits per heavy atom. The molecule has 4 heteroatoms. The van der Waals surface area contributed by atoms with Crippen molar-refractivity contribution in [3.05, 3.63) is 56.2 Å². The number of nitrogens with one attached hydrogen (secondary N) is 1. The second-order valence-corrected chi connectivity index (χ2v) is 5.94. The van der Waals surface area contributed by atoms with Crippen molar-refractivity contribution in [2.75, 3.05) is 13.1 Å². The normalized spacial score (nSPS) is 10.8. The quantitative estimate of drug-likeness (QED) is 0.778. The van der Waals surface area contributed by atoms with Crippen molar-refractivity contribution in [2.24, 2.45) is 0 Å². The van der Waals surface area contributed by atoms with E-state index in [9.17, 15) is 0 Å². The molecule has 0 spiro atoms. The van der Waals surface area contributed by atoms with Gasteiger partial charge in [0.25, 0.3) is 0 Å². The number of halogens is 2. The van der Waals surface area contributed by atoms with Crippen molar-refractivity contribution >= 4 is 34.5 Å². The number of thiophene rings is 1. The van der Waals surface area contributed by atoms with Gasteiger partial charge in [0.05, 0.1) is 0 Å². The van der Waals surface area contributed by atoms with Gasteiger partial charge < -0.3 is 5.32 Å². The molecular formula is C14H15Cl2NS. The summed E-state index contributed by atoms with van der Waals surface area (Å²) in [5.74, 6) is 0. The summed E-state index contributed by atoms with van der Waals surface area (Å²) in [4.78, 5) is 1.42. The van der Waals surface area contributed by atoms with Crippen LogP contribution in [0.4, 0.5) is 0 Å². The molecular weight excluding hydrogens is 285 g/mol. The average molecular weight is 300 g/mol. The summed E-state index contributed by atoms with van der Waals surface area (Å²) in [6.45, 7) is 1.94. The molecule has 18 heavy (non-hydrogen) atoms. The maximum atomic E-state index is 6.11. The lowest BCUT2D eigenvalue weighted by Gasteiger charge is -2.06. The third kappa shape index (κ3) is 4.29. The fraction of sp³-hybridized carbons (Fsp3) is 0.286. The Hall–Kier alpha value is -0.540. The topological polar surface area (TPSA) is 12.0 Å². The Kier molecular flexibility index (Phi) is 5.51. The summed E-state index contributed by atoms with van der Waals surface area (Å²) in [6.07, 6.45) is 2.02. The highest BCUT2D eigenvalue weighted by Gasteiger charge is 2.01. The van der Waals surface area contributed by atoms with Crippen molar-refractivity contribution in [1.82, 2.24) is 5.32 Å². The molecule has 0 atom stereocenters. The van der Waals surface area contributed by atoms with Gasteiger partial charge in [0.15, 0.2) is 0 Å². The van der Waals surface area contributed by atoms with E-state index in [0.717, 1.165) is 36.5 Å². The standard InChI is InChI=1S/C14H15Cl2NS/c15-12-4-3-11(14(16)10-12)5-7-17-8-6-13-2-1-9-18-13/h1-4,9-10,17H,5-8H2. The van der Waals surface area contributed by atoms with Gasteiger partial charge in [0.1, 0.15) is 0 Å². The summed E-state index contributed by atoms with van der Waals surface area (Å²) in [7, 11) is 0. The minimum Gasteiger partial charge on any atom is -0.316 e. The number of hydrogen-bond donors (Lipinski definition) is 1. The van der Waals surface area contributed by atoms with Gasteiger partial charge in [0.2, 0.25) is 0 Å². The van der Waals surface area contributed by atoms with E-state index < -0.39 is 0 Å². The Labute approximate surface area is 122 Å². The van der Waals surface area contributed by atoms with Crippen LogP contribution in [-0.4, -0.2) is 13.1 Å². The smallest absolute Gasteiger partial charge is 0.0453 e. The molecule has 1 heterocycles. The SMILES string of the molecule is Clc1ccc(CCNCCc2cccs2)c(Cl)c1. The molecule has 1 nitrogen and oxygen atoms in total. The summed E-state index contributed by atoms with van der Waals surface area (Å²) in [5.41, 5.74) is 1.14. The van der Waals surface area contributed by atoms with Crippen molar-refractivity contribution in [2.45, 2.75) is 12.8 Å². The van der Waals surface area contributed by atoms with Crippen LogP contribution >= 0.6 is 34.5 Å². The average Bonchev–Trinajstić information content (AvgIpc) is 2.84. The van der Waals surface area contributed by atoms with E-state index >= 15 is 0 Å². The van der Waals surface area contributed by atoms with Gasteiger partial charge in [-0.25, -0.2) is 0 Å². The van der Waals surface area contributed by atoms with Gasteiger partial charge in [0, 0.05) is 14.9 Å². The molecule has 0 radical (unpaired) electrons. The van der Waals surface area contributed by atoms with E-state index in [1.54, 1.807) is 17.4 Å². The Balaban J connectivity index is 1.69. The maximum absolute atomic E-state index is 6.11. The van der Waals surface area contributed by atoms with E-state index in [1.165, 1.54) is 4.88 Å². The molecule has 0 aliphatic carbocycles. The first-order valence-corrected chi connectivity index (χ1v) is 7.56. The molecule has 2 aromatic rings. The number of benzene rings is 1. The highest BCUT2D eigenvalue weighted by Crippen LogP contribution is 2.21. The molecule has 0 saturated carbocycles. The lowest BCUT2D eigenvalue weighted by molar-refractivity contribution is 0.685. The van der Waals surface area contributed by atoms with Crippen LogP contribution in [0.5, 0.6) is 0 Å². The molecule has 0 aliphatic rings. The predicted molar refractivity (Wildman–Crippen MR) is 81.1 cm³/mol. The molecule has 0 amide bonds. The highest BCUT2D eigenvalue weighted by molar-refractivity contribution is 7.09. The zero-order valence-electron chi connectivity index (χ0n) is 9.96. The van der Waals surface area contributed by atoms with Gasteiger partial charge in [-0.3, -0.25) is 0 Å². The first-order chi connectivity index (χ1) is 8.75. The molecule has 1 aromatic heterocycles. The predicted octanol–water partition coefficient (Wildman–Crippen LogP) is 4.43. The zero-order chi connectivity index (χ0) is 12.8. The van der Waals surface area contributed by atoms with Gasteiger partial charge in [-0.15, -0.1) is 11.3 Å². The Morgan fingerprint density at radius 3 is 2.61 bits per heavy atom. The molecule has 0 bridgehead atoms. The van der Waals surface area contributed by atoms with Crippen LogP contribution in [0.15, 0.2) is 35.7 Å². The van der Waals surface area contributed by atoms with Crippen LogP contribution < -0.4 is 5.32 Å². The summed E-state index contributed by atoms with van der Waals surface area (Å²) < 4.78 is 0. The summed E-state index contributed by atoms with van der Waals surface area (Å²) >= 11 is 13.8. The number of rotatable bonds is 6. The fourth-order valence-electron chi connectivity index (χ4n) is 1.74. The monoisotopic (exact) mass is 299 g/mol. The molecule has 0 aliphatic heterocycles. The van der Waals surface area contributed by atoms with E-state index in [0.29, 0.717) is 5.02 Å². The van der Waals surface area contributed by atoms with Gasteiger partial charge in [-0.2, -0.15) is 0 Å². The van der Waals surface area contributed by atoms with Crippen LogP contribution in [0.1, 0.15) is 10.4 Å². The minimum atomic E-state index is 0.689. The summed E-state index contributed by atoms with van der Waals surface area (Å²) in [6, 6.07) is 9.93. The molecule has 96 valence electrons. The van der Waals surface area contributed by atoms with Crippen LogP contribution in [0.3, 0.4) is 0 Å². The van der Waals surface area contributed by atoms with Gasteiger partial charge >= 0.3 is 0 Å². The summed E-state index contributed by atoms with van der Waals surface area (Å²) in [5, 5.41) is 6.98. The largest absolute Gasteiger partial charge is 0.316 e. The van der Waals surface area contributed by atoms with Gasteiger partial charge in [-0.1, -0.05) is 35.3 Å². The lowest BCUT2D eigenvalue weighted by Crippen LogP contribution is -2.19. The van der Waals surface area contributed by atoms with E-state index in [1.807, 2.05) is 12.1 Å².